The molecule has 7 heteroatoms. The fourth-order valence-electron chi connectivity index (χ4n) is 3.65. The van der Waals surface area contributed by atoms with Crippen molar-refractivity contribution in [3.05, 3.63) is 42.5 Å². The van der Waals surface area contributed by atoms with Gasteiger partial charge in [-0.25, -0.2) is 9.78 Å². The number of nitrogens with one attached hydrogen (secondary N) is 1. The van der Waals surface area contributed by atoms with Crippen LogP contribution in [-0.4, -0.2) is 58.4 Å². The first kappa shape index (κ1) is 18.3. The number of para-hydroxylation sites is 1. The van der Waals surface area contributed by atoms with E-state index in [4.69, 9.17) is 9.84 Å². The monoisotopic (exact) mass is 380 g/mol. The number of hydrogen-bond acceptors (Lipinski definition) is 5. The average Bonchev–Trinajstić information content (AvgIpc) is 3.13. The molecular formula is C21H24N4O3. The molecule has 146 valence electrons. The lowest BCUT2D eigenvalue weighted by molar-refractivity contribution is 0.145. The predicted octanol–water partition coefficient (Wildman–Crippen LogP) is 3.82. The molecule has 2 aromatic carbocycles. The highest BCUT2D eigenvalue weighted by Crippen LogP contribution is 2.28. The lowest BCUT2D eigenvalue weighted by Crippen LogP contribution is -2.48. The summed E-state index contributed by atoms with van der Waals surface area (Å²) in [6.07, 6.45) is -1.35. The third kappa shape index (κ3) is 3.66. The van der Waals surface area contributed by atoms with Crippen LogP contribution in [0.15, 0.2) is 42.5 Å². The van der Waals surface area contributed by atoms with Gasteiger partial charge in [0.15, 0.2) is 5.75 Å². The molecule has 0 radical (unpaired) electrons. The van der Waals surface area contributed by atoms with E-state index in [0.717, 1.165) is 37.3 Å². The van der Waals surface area contributed by atoms with E-state index < -0.39 is 6.16 Å². The number of nitrogens with zero attached hydrogens (tertiary/aromatic N) is 3. The van der Waals surface area contributed by atoms with Crippen molar-refractivity contribution in [1.82, 2.24) is 14.9 Å². The van der Waals surface area contributed by atoms with Crippen molar-refractivity contribution >= 4 is 22.9 Å². The number of carboxylic acid groups (broad SMARTS) is 1. The van der Waals surface area contributed by atoms with Crippen LogP contribution >= 0.6 is 0 Å². The summed E-state index contributed by atoms with van der Waals surface area (Å²) in [5.74, 6) is 0.916. The Morgan fingerprint density at radius 2 is 1.82 bits per heavy atom. The molecule has 0 atom stereocenters. The third-order valence-electron chi connectivity index (χ3n) is 5.22. The first-order valence-corrected chi connectivity index (χ1v) is 9.50. The number of carbonyl (C=O) groups is 1. The van der Waals surface area contributed by atoms with Crippen LogP contribution in [0.1, 0.15) is 13.8 Å². The molecule has 0 spiro atoms. The molecule has 1 aromatic heterocycles. The van der Waals surface area contributed by atoms with Crippen LogP contribution in [0, 0.1) is 0 Å². The largest absolute Gasteiger partial charge is 0.511 e. The maximum Gasteiger partial charge on any atom is 0.511 e. The molecule has 28 heavy (non-hydrogen) atoms. The number of fused-ring (bicyclic) bond motifs is 1. The van der Waals surface area contributed by atoms with Crippen molar-refractivity contribution < 1.29 is 14.6 Å². The topological polar surface area (TPSA) is 81.7 Å². The second kappa shape index (κ2) is 7.52. The lowest BCUT2D eigenvalue weighted by atomic mass is 10.1. The van der Waals surface area contributed by atoms with Crippen LogP contribution in [0.25, 0.3) is 22.4 Å². The number of hydrogen-bond donors (Lipinski definition) is 2. The highest BCUT2D eigenvalue weighted by Gasteiger charge is 2.19. The Labute approximate surface area is 163 Å². The molecule has 7 nitrogen and oxygen atoms in total. The van der Waals surface area contributed by atoms with Gasteiger partial charge in [0.2, 0.25) is 0 Å². The van der Waals surface area contributed by atoms with Gasteiger partial charge in [-0.2, -0.15) is 0 Å². The number of aromatic nitrogens is 2. The standard InChI is InChI=1S/C21H24N4O3/c1-14(2)24-10-12-25(13-11-24)16-8-6-15(7-9-16)20-22-17-4-3-5-18(19(17)23-20)28-21(26)27/h3-9,14H,10-13H2,1-2H3,(H,22,23)(H,26,27). The van der Waals surface area contributed by atoms with Crippen LogP contribution < -0.4 is 9.64 Å². The molecule has 0 bridgehead atoms. The normalized spacial score (nSPS) is 15.3. The second-order valence-corrected chi connectivity index (χ2v) is 7.27. The van der Waals surface area contributed by atoms with Gasteiger partial charge in [0.05, 0.1) is 5.52 Å². The van der Waals surface area contributed by atoms with Gasteiger partial charge < -0.3 is 19.7 Å². The van der Waals surface area contributed by atoms with Crippen LogP contribution in [0.4, 0.5) is 10.5 Å². The average molecular weight is 380 g/mol. The highest BCUT2D eigenvalue weighted by atomic mass is 16.7. The van der Waals surface area contributed by atoms with Gasteiger partial charge in [0.25, 0.3) is 0 Å². The summed E-state index contributed by atoms with van der Waals surface area (Å²) in [7, 11) is 0. The molecule has 1 fully saturated rings. The summed E-state index contributed by atoms with van der Waals surface area (Å²) in [5, 5.41) is 8.88. The summed E-state index contributed by atoms with van der Waals surface area (Å²) < 4.78 is 4.82. The minimum atomic E-state index is -1.35. The van der Waals surface area contributed by atoms with Crippen molar-refractivity contribution in [3.63, 3.8) is 0 Å². The zero-order valence-corrected chi connectivity index (χ0v) is 16.1. The number of imidazole rings is 1. The number of benzene rings is 2. The van der Waals surface area contributed by atoms with Gasteiger partial charge in [0.1, 0.15) is 11.3 Å². The molecule has 2 heterocycles. The minimum absolute atomic E-state index is 0.229. The molecule has 0 amide bonds. The van der Waals surface area contributed by atoms with E-state index in [1.807, 2.05) is 18.2 Å². The summed E-state index contributed by atoms with van der Waals surface area (Å²) in [4.78, 5) is 23.5. The molecule has 0 saturated carbocycles. The van der Waals surface area contributed by atoms with Crippen molar-refractivity contribution in [3.8, 4) is 17.1 Å². The van der Waals surface area contributed by atoms with E-state index in [9.17, 15) is 4.79 Å². The Kier molecular flexibility index (Phi) is 4.92. The Bertz CT molecular complexity index is 973. The molecule has 1 aliphatic heterocycles. The van der Waals surface area contributed by atoms with Crippen LogP contribution in [0.3, 0.4) is 0 Å². The number of rotatable bonds is 4. The Balaban J connectivity index is 1.54. The van der Waals surface area contributed by atoms with E-state index >= 15 is 0 Å². The SMILES string of the molecule is CC(C)N1CCN(c2ccc(-c3nc4c(OC(=O)O)cccc4[nH]3)cc2)CC1. The molecular weight excluding hydrogens is 356 g/mol. The Morgan fingerprint density at radius 3 is 2.46 bits per heavy atom. The van der Waals surface area contributed by atoms with Crippen LogP contribution in [0.5, 0.6) is 5.75 Å². The van der Waals surface area contributed by atoms with Gasteiger partial charge in [-0.1, -0.05) is 6.07 Å². The van der Waals surface area contributed by atoms with Gasteiger partial charge in [0, 0.05) is 43.5 Å². The van der Waals surface area contributed by atoms with Crippen molar-refractivity contribution in [2.45, 2.75) is 19.9 Å². The van der Waals surface area contributed by atoms with Gasteiger partial charge in [-0.3, -0.25) is 4.90 Å². The molecule has 0 unspecified atom stereocenters. The molecule has 0 aliphatic carbocycles. The molecule has 4 rings (SSSR count). The number of aromatic amines is 1. The summed E-state index contributed by atoms with van der Waals surface area (Å²) in [5.41, 5.74) is 3.40. The van der Waals surface area contributed by atoms with Gasteiger partial charge in [-0.05, 0) is 50.2 Å². The van der Waals surface area contributed by atoms with Gasteiger partial charge in [-0.15, -0.1) is 0 Å². The van der Waals surface area contributed by atoms with E-state index in [1.165, 1.54) is 5.69 Å². The third-order valence-corrected chi connectivity index (χ3v) is 5.22. The zero-order valence-electron chi connectivity index (χ0n) is 16.1. The van der Waals surface area contributed by atoms with Crippen molar-refractivity contribution in [2.24, 2.45) is 0 Å². The fraction of sp³-hybridized carbons (Fsp3) is 0.333. The molecule has 1 saturated heterocycles. The van der Waals surface area contributed by atoms with E-state index in [-0.39, 0.29) is 5.75 Å². The fourth-order valence-corrected chi connectivity index (χ4v) is 3.65. The number of ether oxygens (including phenoxy) is 1. The summed E-state index contributed by atoms with van der Waals surface area (Å²) in [6, 6.07) is 14.1. The molecule has 2 N–H and O–H groups in total. The van der Waals surface area contributed by atoms with Crippen molar-refractivity contribution in [1.29, 1.82) is 0 Å². The van der Waals surface area contributed by atoms with Crippen LogP contribution in [-0.2, 0) is 0 Å². The second-order valence-electron chi connectivity index (χ2n) is 7.27. The quantitative estimate of drug-likeness (QED) is 0.529. The highest BCUT2D eigenvalue weighted by molar-refractivity contribution is 5.86. The summed E-state index contributed by atoms with van der Waals surface area (Å²) >= 11 is 0. The molecule has 1 aliphatic rings. The predicted molar refractivity (Wildman–Crippen MR) is 109 cm³/mol. The van der Waals surface area contributed by atoms with Crippen molar-refractivity contribution in [2.75, 3.05) is 31.1 Å². The maximum absolute atomic E-state index is 10.9. The van der Waals surface area contributed by atoms with E-state index in [0.29, 0.717) is 17.4 Å². The maximum atomic E-state index is 10.9. The summed E-state index contributed by atoms with van der Waals surface area (Å²) in [6.45, 7) is 8.69. The lowest BCUT2D eigenvalue weighted by Gasteiger charge is -2.38. The van der Waals surface area contributed by atoms with Crippen LogP contribution in [0.2, 0.25) is 0 Å². The zero-order chi connectivity index (χ0) is 19.7. The number of H-pyrrole nitrogens is 1. The van der Waals surface area contributed by atoms with Gasteiger partial charge >= 0.3 is 6.16 Å². The van der Waals surface area contributed by atoms with E-state index in [1.54, 1.807) is 12.1 Å². The first-order chi connectivity index (χ1) is 13.5. The number of anilines is 1. The van der Waals surface area contributed by atoms with E-state index in [2.05, 4.69) is 45.7 Å². The first-order valence-electron chi connectivity index (χ1n) is 9.50. The Morgan fingerprint density at radius 1 is 1.11 bits per heavy atom. The molecule has 3 aromatic rings. The number of piperazine rings is 1. The minimum Gasteiger partial charge on any atom is -0.449 e. The Hall–Kier alpha value is -3.06. The smallest absolute Gasteiger partial charge is 0.449 e.